The minimum Gasteiger partial charge on any atom is -0.356 e. The summed E-state index contributed by atoms with van der Waals surface area (Å²) in [4.78, 5) is 12.1. The van der Waals surface area contributed by atoms with Crippen LogP contribution >= 0.6 is 11.6 Å². The van der Waals surface area contributed by atoms with Gasteiger partial charge in [0.1, 0.15) is 0 Å². The van der Waals surface area contributed by atoms with Gasteiger partial charge in [0.25, 0.3) is 0 Å². The molecular weight excluding hydrogens is 320 g/mol. The SMILES string of the molecule is O=C(Cc1ccccc1)Nc1ccc(Nc2ccc(Cl)cc2)cc1. The molecule has 24 heavy (non-hydrogen) atoms. The molecule has 3 aromatic carbocycles. The van der Waals surface area contributed by atoms with Crippen molar-refractivity contribution in [2.45, 2.75) is 6.42 Å². The van der Waals surface area contributed by atoms with Crippen molar-refractivity contribution >= 4 is 34.6 Å². The minimum atomic E-state index is -0.0281. The molecule has 3 rings (SSSR count). The van der Waals surface area contributed by atoms with Crippen molar-refractivity contribution in [3.63, 3.8) is 0 Å². The average molecular weight is 337 g/mol. The summed E-state index contributed by atoms with van der Waals surface area (Å²) in [5, 5.41) is 6.89. The number of hydrogen-bond donors (Lipinski definition) is 2. The number of anilines is 3. The van der Waals surface area contributed by atoms with Gasteiger partial charge < -0.3 is 10.6 Å². The van der Waals surface area contributed by atoms with Crippen molar-refractivity contribution in [2.75, 3.05) is 10.6 Å². The first-order chi connectivity index (χ1) is 11.7. The van der Waals surface area contributed by atoms with Crippen molar-refractivity contribution < 1.29 is 4.79 Å². The molecule has 0 unspecified atom stereocenters. The molecule has 0 fully saturated rings. The fourth-order valence-corrected chi connectivity index (χ4v) is 2.45. The lowest BCUT2D eigenvalue weighted by molar-refractivity contribution is -0.115. The Balaban J connectivity index is 1.58. The summed E-state index contributed by atoms with van der Waals surface area (Å²) in [5.41, 5.74) is 3.67. The van der Waals surface area contributed by atoms with Gasteiger partial charge in [-0.3, -0.25) is 4.79 Å². The smallest absolute Gasteiger partial charge is 0.228 e. The van der Waals surface area contributed by atoms with E-state index < -0.39 is 0 Å². The lowest BCUT2D eigenvalue weighted by Crippen LogP contribution is -2.14. The Hall–Kier alpha value is -2.78. The molecule has 2 N–H and O–H groups in total. The molecule has 3 aromatic rings. The molecule has 1 amide bonds. The number of hydrogen-bond acceptors (Lipinski definition) is 2. The highest BCUT2D eigenvalue weighted by Gasteiger charge is 2.04. The first kappa shape index (κ1) is 16.1. The Labute approximate surface area is 146 Å². The van der Waals surface area contributed by atoms with Crippen molar-refractivity contribution in [1.82, 2.24) is 0 Å². The molecule has 0 heterocycles. The molecular formula is C20H17ClN2O. The van der Waals surface area contributed by atoms with Crippen molar-refractivity contribution in [3.05, 3.63) is 89.4 Å². The van der Waals surface area contributed by atoms with Crippen LogP contribution in [0, 0.1) is 0 Å². The molecule has 0 aliphatic rings. The molecule has 0 bridgehead atoms. The van der Waals surface area contributed by atoms with Crippen LogP contribution in [0.4, 0.5) is 17.1 Å². The van der Waals surface area contributed by atoms with Crippen molar-refractivity contribution in [1.29, 1.82) is 0 Å². The topological polar surface area (TPSA) is 41.1 Å². The number of carbonyl (C=O) groups is 1. The highest BCUT2D eigenvalue weighted by molar-refractivity contribution is 6.30. The van der Waals surface area contributed by atoms with E-state index in [1.807, 2.05) is 78.9 Å². The molecule has 0 saturated heterocycles. The van der Waals surface area contributed by atoms with Gasteiger partial charge >= 0.3 is 0 Å². The van der Waals surface area contributed by atoms with E-state index in [9.17, 15) is 4.79 Å². The summed E-state index contributed by atoms with van der Waals surface area (Å²) in [6, 6.07) is 24.8. The van der Waals surface area contributed by atoms with Gasteiger partial charge in [-0.25, -0.2) is 0 Å². The number of amides is 1. The normalized spacial score (nSPS) is 10.2. The first-order valence-electron chi connectivity index (χ1n) is 7.65. The largest absolute Gasteiger partial charge is 0.356 e. The Morgan fingerprint density at radius 2 is 1.29 bits per heavy atom. The van der Waals surface area contributed by atoms with Crippen LogP contribution in [0.2, 0.25) is 5.02 Å². The molecule has 120 valence electrons. The van der Waals surface area contributed by atoms with Crippen LogP contribution in [0.25, 0.3) is 0 Å². The Morgan fingerprint density at radius 1 is 0.750 bits per heavy atom. The van der Waals surface area contributed by atoms with Crippen LogP contribution in [0.3, 0.4) is 0 Å². The van der Waals surface area contributed by atoms with Crippen LogP contribution in [0.15, 0.2) is 78.9 Å². The second-order valence-corrected chi connectivity index (χ2v) is 5.86. The summed E-state index contributed by atoms with van der Waals surface area (Å²) in [5.74, 6) is -0.0281. The zero-order valence-electron chi connectivity index (χ0n) is 13.0. The maximum absolute atomic E-state index is 12.1. The summed E-state index contributed by atoms with van der Waals surface area (Å²) in [6.45, 7) is 0. The summed E-state index contributed by atoms with van der Waals surface area (Å²) in [7, 11) is 0. The average Bonchev–Trinajstić information content (AvgIpc) is 2.59. The van der Waals surface area contributed by atoms with Gasteiger partial charge in [0.05, 0.1) is 6.42 Å². The molecule has 4 heteroatoms. The summed E-state index contributed by atoms with van der Waals surface area (Å²) < 4.78 is 0. The van der Waals surface area contributed by atoms with E-state index in [1.165, 1.54) is 0 Å². The summed E-state index contributed by atoms with van der Waals surface area (Å²) in [6.07, 6.45) is 0.367. The highest BCUT2D eigenvalue weighted by atomic mass is 35.5. The van der Waals surface area contributed by atoms with Gasteiger partial charge in [-0.2, -0.15) is 0 Å². The standard InChI is InChI=1S/C20H17ClN2O/c21-16-6-8-17(9-7-16)22-18-10-12-19(13-11-18)23-20(24)14-15-4-2-1-3-5-15/h1-13,22H,14H2,(H,23,24). The summed E-state index contributed by atoms with van der Waals surface area (Å²) >= 11 is 5.87. The van der Waals surface area contributed by atoms with Gasteiger partial charge in [-0.05, 0) is 54.1 Å². The monoisotopic (exact) mass is 336 g/mol. The molecule has 0 atom stereocenters. The van der Waals surface area contributed by atoms with Crippen molar-refractivity contribution in [3.8, 4) is 0 Å². The molecule has 0 radical (unpaired) electrons. The van der Waals surface area contributed by atoms with E-state index in [4.69, 9.17) is 11.6 Å². The number of benzene rings is 3. The number of nitrogens with one attached hydrogen (secondary N) is 2. The van der Waals surface area contributed by atoms with Crippen LogP contribution in [-0.4, -0.2) is 5.91 Å². The fourth-order valence-electron chi connectivity index (χ4n) is 2.32. The quantitative estimate of drug-likeness (QED) is 0.666. The van der Waals surface area contributed by atoms with Gasteiger partial charge in [-0.1, -0.05) is 41.9 Å². The van der Waals surface area contributed by atoms with Gasteiger partial charge in [0, 0.05) is 22.1 Å². The highest BCUT2D eigenvalue weighted by Crippen LogP contribution is 2.20. The fraction of sp³-hybridized carbons (Fsp3) is 0.0500. The van der Waals surface area contributed by atoms with Gasteiger partial charge in [0.2, 0.25) is 5.91 Å². The van der Waals surface area contributed by atoms with E-state index in [2.05, 4.69) is 10.6 Å². The third-order valence-electron chi connectivity index (χ3n) is 3.51. The van der Waals surface area contributed by atoms with Gasteiger partial charge in [-0.15, -0.1) is 0 Å². The number of carbonyl (C=O) groups excluding carboxylic acids is 1. The lowest BCUT2D eigenvalue weighted by Gasteiger charge is -2.09. The zero-order chi connectivity index (χ0) is 16.8. The van der Waals surface area contributed by atoms with Crippen LogP contribution in [0.5, 0.6) is 0 Å². The molecule has 0 aliphatic carbocycles. The molecule has 0 spiro atoms. The Morgan fingerprint density at radius 3 is 1.92 bits per heavy atom. The van der Waals surface area contributed by atoms with E-state index >= 15 is 0 Å². The zero-order valence-corrected chi connectivity index (χ0v) is 13.8. The number of rotatable bonds is 5. The first-order valence-corrected chi connectivity index (χ1v) is 8.03. The predicted octanol–water partition coefficient (Wildman–Crippen LogP) is 5.26. The number of halogens is 1. The van der Waals surface area contributed by atoms with Crippen LogP contribution in [0.1, 0.15) is 5.56 Å². The van der Waals surface area contributed by atoms with Crippen LogP contribution in [-0.2, 0) is 11.2 Å². The second-order valence-electron chi connectivity index (χ2n) is 5.42. The minimum absolute atomic E-state index is 0.0281. The van der Waals surface area contributed by atoms with Gasteiger partial charge in [0.15, 0.2) is 0 Å². The Kier molecular flexibility index (Phi) is 5.14. The van der Waals surface area contributed by atoms with Crippen LogP contribution < -0.4 is 10.6 Å². The van der Waals surface area contributed by atoms with E-state index in [0.717, 1.165) is 22.6 Å². The third kappa shape index (κ3) is 4.61. The van der Waals surface area contributed by atoms with E-state index in [0.29, 0.717) is 11.4 Å². The second kappa shape index (κ2) is 7.66. The maximum atomic E-state index is 12.1. The lowest BCUT2D eigenvalue weighted by atomic mass is 10.1. The predicted molar refractivity (Wildman–Crippen MR) is 100.0 cm³/mol. The molecule has 3 nitrogen and oxygen atoms in total. The molecule has 0 saturated carbocycles. The van der Waals surface area contributed by atoms with E-state index in [-0.39, 0.29) is 5.91 Å². The Bertz CT molecular complexity index is 799. The molecule has 0 aliphatic heterocycles. The third-order valence-corrected chi connectivity index (χ3v) is 3.76. The van der Waals surface area contributed by atoms with E-state index in [1.54, 1.807) is 0 Å². The maximum Gasteiger partial charge on any atom is 0.228 e. The van der Waals surface area contributed by atoms with Crippen molar-refractivity contribution in [2.24, 2.45) is 0 Å². The molecule has 0 aromatic heterocycles.